The molecule has 13 heavy (non-hydrogen) atoms. The lowest BCUT2D eigenvalue weighted by atomic mass is 10.2. The normalized spacial score (nSPS) is 11.6. The fourth-order valence-electron chi connectivity index (χ4n) is 0.602. The first kappa shape index (κ1) is 12.3. The van der Waals surface area contributed by atoms with Crippen molar-refractivity contribution in [2.24, 2.45) is 0 Å². The van der Waals surface area contributed by atoms with Gasteiger partial charge in [0.25, 0.3) is 0 Å². The molecule has 0 fully saturated rings. The van der Waals surface area contributed by atoms with Gasteiger partial charge in [0.1, 0.15) is 0 Å². The van der Waals surface area contributed by atoms with E-state index in [0.29, 0.717) is 13.1 Å². The zero-order valence-corrected chi connectivity index (χ0v) is 8.39. The van der Waals surface area contributed by atoms with Crippen molar-refractivity contribution in [2.75, 3.05) is 19.6 Å². The minimum atomic E-state index is -0.850. The molecule has 78 valence electrons. The molecule has 0 saturated carbocycles. The van der Waals surface area contributed by atoms with E-state index in [9.17, 15) is 4.79 Å². The smallest absolute Gasteiger partial charge is 0.317 e. The van der Waals surface area contributed by atoms with Crippen molar-refractivity contribution in [3.05, 3.63) is 0 Å². The maximum atomic E-state index is 10.1. The van der Waals surface area contributed by atoms with E-state index in [0.717, 1.165) is 0 Å². The van der Waals surface area contributed by atoms with Gasteiger partial charge in [-0.1, -0.05) is 0 Å². The van der Waals surface area contributed by atoms with Crippen LogP contribution >= 0.6 is 0 Å². The molecule has 0 amide bonds. The summed E-state index contributed by atoms with van der Waals surface area (Å²) in [6, 6.07) is 0. The van der Waals surface area contributed by atoms with E-state index >= 15 is 0 Å². The van der Waals surface area contributed by atoms with E-state index in [-0.39, 0.29) is 12.1 Å². The molecule has 0 bridgehead atoms. The Hall–Kier alpha value is -0.650. The molecule has 0 aromatic rings. The van der Waals surface area contributed by atoms with Crippen molar-refractivity contribution in [1.82, 2.24) is 10.8 Å². The molecule has 0 spiro atoms. The van der Waals surface area contributed by atoms with Crippen LogP contribution in [0, 0.1) is 0 Å². The zero-order valence-electron chi connectivity index (χ0n) is 8.39. The minimum absolute atomic E-state index is 0.0167. The standard InChI is InChI=1S/C8H18N2O3/c1-8(2,3)13-10-5-4-9-6-7(11)12/h9-10H,4-6H2,1-3H3,(H,11,12). The first-order valence-electron chi connectivity index (χ1n) is 4.25. The van der Waals surface area contributed by atoms with Crippen LogP contribution in [0.15, 0.2) is 0 Å². The second-order valence-electron chi connectivity index (χ2n) is 3.68. The number of carbonyl (C=O) groups is 1. The van der Waals surface area contributed by atoms with Crippen molar-refractivity contribution in [1.29, 1.82) is 0 Å². The lowest BCUT2D eigenvalue weighted by molar-refractivity contribution is -0.136. The van der Waals surface area contributed by atoms with Gasteiger partial charge in [-0.2, -0.15) is 0 Å². The zero-order chi connectivity index (χ0) is 10.3. The largest absolute Gasteiger partial charge is 0.480 e. The molecule has 0 radical (unpaired) electrons. The Balaban J connectivity index is 3.13. The topological polar surface area (TPSA) is 70.6 Å². The fraction of sp³-hybridized carbons (Fsp3) is 0.875. The van der Waals surface area contributed by atoms with E-state index in [4.69, 9.17) is 9.94 Å². The van der Waals surface area contributed by atoms with Crippen LogP contribution < -0.4 is 10.8 Å². The summed E-state index contributed by atoms with van der Waals surface area (Å²) >= 11 is 0. The third kappa shape index (κ3) is 11.3. The van der Waals surface area contributed by atoms with Gasteiger partial charge in [0.2, 0.25) is 0 Å². The second-order valence-corrected chi connectivity index (χ2v) is 3.68. The third-order valence-corrected chi connectivity index (χ3v) is 1.06. The first-order valence-corrected chi connectivity index (χ1v) is 4.25. The van der Waals surface area contributed by atoms with Gasteiger partial charge in [0, 0.05) is 13.1 Å². The Morgan fingerprint density at radius 3 is 2.46 bits per heavy atom. The third-order valence-electron chi connectivity index (χ3n) is 1.06. The molecule has 0 aliphatic rings. The Labute approximate surface area is 78.4 Å². The number of nitrogens with one attached hydrogen (secondary N) is 2. The highest BCUT2D eigenvalue weighted by Crippen LogP contribution is 2.02. The summed E-state index contributed by atoms with van der Waals surface area (Å²) in [7, 11) is 0. The summed E-state index contributed by atoms with van der Waals surface area (Å²) in [5.74, 6) is -0.850. The van der Waals surface area contributed by atoms with Crippen LogP contribution in [0.4, 0.5) is 0 Å². The van der Waals surface area contributed by atoms with Crippen LogP contribution in [0.25, 0.3) is 0 Å². The Bertz CT molecular complexity index is 154. The average molecular weight is 190 g/mol. The highest BCUT2D eigenvalue weighted by Gasteiger charge is 2.09. The fourth-order valence-corrected chi connectivity index (χ4v) is 0.602. The van der Waals surface area contributed by atoms with Crippen LogP contribution in [0.1, 0.15) is 20.8 Å². The van der Waals surface area contributed by atoms with Gasteiger partial charge < -0.3 is 10.4 Å². The van der Waals surface area contributed by atoms with E-state index < -0.39 is 5.97 Å². The summed E-state index contributed by atoms with van der Waals surface area (Å²) in [5.41, 5.74) is 2.53. The molecule has 0 heterocycles. The summed E-state index contributed by atoms with van der Waals surface area (Å²) in [4.78, 5) is 15.3. The van der Waals surface area contributed by atoms with Gasteiger partial charge in [-0.05, 0) is 20.8 Å². The number of carboxylic acids is 1. The molecule has 0 aromatic carbocycles. The van der Waals surface area contributed by atoms with Crippen molar-refractivity contribution in [3.63, 3.8) is 0 Å². The molecule has 0 aromatic heterocycles. The van der Waals surface area contributed by atoms with Crippen molar-refractivity contribution in [3.8, 4) is 0 Å². The first-order chi connectivity index (χ1) is 5.92. The van der Waals surface area contributed by atoms with Gasteiger partial charge in [-0.25, -0.2) is 5.48 Å². The monoisotopic (exact) mass is 190 g/mol. The number of carboxylic acid groups (broad SMARTS) is 1. The molecule has 0 aliphatic carbocycles. The quantitative estimate of drug-likeness (QED) is 0.405. The SMILES string of the molecule is CC(C)(C)ONCCNCC(=O)O. The number of hydrogen-bond donors (Lipinski definition) is 3. The number of hydroxylamine groups is 1. The maximum absolute atomic E-state index is 10.1. The predicted molar refractivity (Wildman–Crippen MR) is 49.3 cm³/mol. The van der Waals surface area contributed by atoms with Gasteiger partial charge in [0.05, 0.1) is 12.1 Å². The summed E-state index contributed by atoms with van der Waals surface area (Å²) < 4.78 is 0. The molecule has 0 atom stereocenters. The maximum Gasteiger partial charge on any atom is 0.317 e. The summed E-state index contributed by atoms with van der Waals surface area (Å²) in [6.45, 7) is 6.95. The van der Waals surface area contributed by atoms with Crippen molar-refractivity contribution >= 4 is 5.97 Å². The molecular formula is C8H18N2O3. The van der Waals surface area contributed by atoms with E-state index in [1.807, 2.05) is 20.8 Å². The van der Waals surface area contributed by atoms with Crippen molar-refractivity contribution < 1.29 is 14.7 Å². The second kappa shape index (κ2) is 5.90. The lowest BCUT2D eigenvalue weighted by Gasteiger charge is -2.19. The molecule has 5 nitrogen and oxygen atoms in total. The molecular weight excluding hydrogens is 172 g/mol. The Morgan fingerprint density at radius 1 is 1.38 bits per heavy atom. The minimum Gasteiger partial charge on any atom is -0.480 e. The van der Waals surface area contributed by atoms with Crippen LogP contribution in [0.2, 0.25) is 0 Å². The van der Waals surface area contributed by atoms with Gasteiger partial charge >= 0.3 is 5.97 Å². The number of aliphatic carboxylic acids is 1. The van der Waals surface area contributed by atoms with Crippen molar-refractivity contribution in [2.45, 2.75) is 26.4 Å². The van der Waals surface area contributed by atoms with E-state index in [1.54, 1.807) is 0 Å². The average Bonchev–Trinajstić information content (AvgIpc) is 1.93. The highest BCUT2D eigenvalue weighted by atomic mass is 16.7. The van der Waals surface area contributed by atoms with Gasteiger partial charge in [-0.15, -0.1) is 0 Å². The highest BCUT2D eigenvalue weighted by molar-refractivity contribution is 5.68. The van der Waals surface area contributed by atoms with Crippen LogP contribution in [0.3, 0.4) is 0 Å². The lowest BCUT2D eigenvalue weighted by Crippen LogP contribution is -2.35. The summed E-state index contributed by atoms with van der Waals surface area (Å²) in [6.07, 6.45) is 0. The molecule has 5 heteroatoms. The van der Waals surface area contributed by atoms with Gasteiger partial charge in [-0.3, -0.25) is 9.63 Å². The van der Waals surface area contributed by atoms with Gasteiger partial charge in [0.15, 0.2) is 0 Å². The van der Waals surface area contributed by atoms with Crippen LogP contribution in [-0.2, 0) is 9.63 Å². The van der Waals surface area contributed by atoms with E-state index in [1.165, 1.54) is 0 Å². The molecule has 0 unspecified atom stereocenters. The van der Waals surface area contributed by atoms with E-state index in [2.05, 4.69) is 10.8 Å². The predicted octanol–water partition coefficient (Wildman–Crippen LogP) is -0.0197. The summed E-state index contributed by atoms with van der Waals surface area (Å²) in [5, 5.41) is 11.0. The molecule has 0 rings (SSSR count). The molecule has 0 aliphatic heterocycles. The molecule has 0 saturated heterocycles. The Kier molecular flexibility index (Phi) is 5.61. The van der Waals surface area contributed by atoms with Crippen LogP contribution in [0.5, 0.6) is 0 Å². The van der Waals surface area contributed by atoms with Crippen LogP contribution in [-0.4, -0.2) is 36.3 Å². The number of hydrogen-bond acceptors (Lipinski definition) is 4. The molecule has 3 N–H and O–H groups in total. The Morgan fingerprint density at radius 2 is 2.00 bits per heavy atom. The number of rotatable bonds is 6.